The number of fused-ring (bicyclic) bond motifs is 1. The molecule has 3 heteroatoms. The van der Waals surface area contributed by atoms with E-state index in [-0.39, 0.29) is 5.56 Å². The van der Waals surface area contributed by atoms with Crippen molar-refractivity contribution in [1.29, 1.82) is 5.26 Å². The fraction of sp³-hybridized carbons (Fsp3) is 0.235. The average Bonchev–Trinajstić information content (AvgIpc) is 2.87. The molecule has 0 heterocycles. The third-order valence-electron chi connectivity index (χ3n) is 4.15. The van der Waals surface area contributed by atoms with Crippen LogP contribution in [0.5, 0.6) is 0 Å². The lowest BCUT2D eigenvalue weighted by molar-refractivity contribution is 0.107. The zero-order valence-electron chi connectivity index (χ0n) is 10.9. The van der Waals surface area contributed by atoms with Gasteiger partial charge in [-0.15, -0.1) is 0 Å². The summed E-state index contributed by atoms with van der Waals surface area (Å²) in [4.78, 5) is 0. The summed E-state index contributed by atoms with van der Waals surface area (Å²) in [6.07, 6.45) is 0.0884. The lowest BCUT2D eigenvalue weighted by atomic mass is 9.75. The van der Waals surface area contributed by atoms with Crippen molar-refractivity contribution >= 4 is 0 Å². The topological polar surface area (TPSA) is 44.0 Å². The summed E-state index contributed by atoms with van der Waals surface area (Å²) in [6, 6.07) is 15.9. The Bertz CT molecular complexity index is 691. The molecule has 2 atom stereocenters. The summed E-state index contributed by atoms with van der Waals surface area (Å²) >= 11 is 0. The second kappa shape index (κ2) is 4.73. The first-order valence-corrected chi connectivity index (χ1v) is 6.61. The number of nitriles is 1. The summed E-state index contributed by atoms with van der Waals surface area (Å²) < 4.78 is 13.9. The first kappa shape index (κ1) is 12.8. The molecule has 2 aromatic rings. The van der Waals surface area contributed by atoms with E-state index in [9.17, 15) is 14.8 Å². The van der Waals surface area contributed by atoms with E-state index in [1.54, 1.807) is 18.2 Å². The first-order valence-electron chi connectivity index (χ1n) is 6.61. The van der Waals surface area contributed by atoms with Crippen LogP contribution in [-0.4, -0.2) is 5.11 Å². The van der Waals surface area contributed by atoms with E-state index in [2.05, 4.69) is 6.07 Å². The zero-order chi connectivity index (χ0) is 14.2. The molecule has 0 saturated heterocycles. The molecule has 100 valence electrons. The Morgan fingerprint density at radius 2 is 1.85 bits per heavy atom. The molecule has 2 nitrogen and oxygen atoms in total. The van der Waals surface area contributed by atoms with Gasteiger partial charge in [0.05, 0.1) is 6.07 Å². The highest BCUT2D eigenvalue weighted by Crippen LogP contribution is 2.47. The van der Waals surface area contributed by atoms with Gasteiger partial charge in [-0.1, -0.05) is 42.5 Å². The molecule has 20 heavy (non-hydrogen) atoms. The van der Waals surface area contributed by atoms with Gasteiger partial charge in [0.15, 0.2) is 0 Å². The zero-order valence-corrected chi connectivity index (χ0v) is 10.9. The van der Waals surface area contributed by atoms with Gasteiger partial charge in [-0.25, -0.2) is 4.39 Å². The largest absolute Gasteiger partial charge is 0.386 e. The van der Waals surface area contributed by atoms with Crippen LogP contribution < -0.4 is 0 Å². The third-order valence-corrected chi connectivity index (χ3v) is 4.15. The maximum Gasteiger partial charge on any atom is 0.129 e. The Hall–Kier alpha value is -2.18. The van der Waals surface area contributed by atoms with Gasteiger partial charge in [0.1, 0.15) is 17.3 Å². The van der Waals surface area contributed by atoms with Crippen LogP contribution in [0.3, 0.4) is 0 Å². The van der Waals surface area contributed by atoms with E-state index in [0.29, 0.717) is 6.42 Å². The normalized spacial score (nSPS) is 22.1. The maximum absolute atomic E-state index is 13.9. The highest BCUT2D eigenvalue weighted by Gasteiger charge is 2.46. The van der Waals surface area contributed by atoms with Crippen LogP contribution in [0.2, 0.25) is 0 Å². The SMILES string of the molecule is N#CC1(C(O)c2ccccc2F)CCc2ccccc21. The molecule has 2 unspecified atom stereocenters. The minimum Gasteiger partial charge on any atom is -0.386 e. The summed E-state index contributed by atoms with van der Waals surface area (Å²) in [7, 11) is 0. The molecular formula is C17H14FNO. The van der Waals surface area contributed by atoms with Crippen LogP contribution in [0.25, 0.3) is 0 Å². The van der Waals surface area contributed by atoms with Crippen LogP contribution in [-0.2, 0) is 11.8 Å². The monoisotopic (exact) mass is 267 g/mol. The van der Waals surface area contributed by atoms with E-state index >= 15 is 0 Å². The number of nitrogens with zero attached hydrogens (tertiary/aromatic N) is 1. The Balaban J connectivity index is 2.13. The Labute approximate surface area is 117 Å². The predicted octanol–water partition coefficient (Wildman–Crippen LogP) is 3.27. The van der Waals surface area contributed by atoms with Crippen molar-refractivity contribution in [3.05, 3.63) is 71.0 Å². The van der Waals surface area contributed by atoms with E-state index in [1.165, 1.54) is 6.07 Å². The lowest BCUT2D eigenvalue weighted by Crippen LogP contribution is -2.30. The fourth-order valence-corrected chi connectivity index (χ4v) is 3.06. The van der Waals surface area contributed by atoms with E-state index in [0.717, 1.165) is 17.5 Å². The molecule has 0 fully saturated rings. The predicted molar refractivity (Wildman–Crippen MR) is 73.4 cm³/mol. The Morgan fingerprint density at radius 3 is 2.60 bits per heavy atom. The molecule has 1 aliphatic carbocycles. The van der Waals surface area contributed by atoms with Crippen LogP contribution in [0.4, 0.5) is 4.39 Å². The number of halogens is 1. The Kier molecular flexibility index (Phi) is 3.04. The van der Waals surface area contributed by atoms with Crippen LogP contribution in [0.1, 0.15) is 29.2 Å². The van der Waals surface area contributed by atoms with E-state index in [1.807, 2.05) is 24.3 Å². The second-order valence-electron chi connectivity index (χ2n) is 5.16. The van der Waals surface area contributed by atoms with Gasteiger partial charge in [-0.2, -0.15) is 5.26 Å². The fourth-order valence-electron chi connectivity index (χ4n) is 3.06. The standard InChI is InChI=1S/C17H14FNO/c18-15-8-4-2-6-13(15)16(20)17(11-19)10-9-12-5-1-3-7-14(12)17/h1-8,16,20H,9-10H2. The molecule has 0 amide bonds. The number of aryl methyl sites for hydroxylation is 1. The van der Waals surface area contributed by atoms with Crippen LogP contribution in [0.15, 0.2) is 48.5 Å². The average molecular weight is 267 g/mol. The summed E-state index contributed by atoms with van der Waals surface area (Å²) in [5, 5.41) is 20.3. The lowest BCUT2D eigenvalue weighted by Gasteiger charge is -2.29. The number of rotatable bonds is 2. The molecule has 0 bridgehead atoms. The van der Waals surface area contributed by atoms with Gasteiger partial charge in [0, 0.05) is 5.56 Å². The van der Waals surface area contributed by atoms with Crippen molar-refractivity contribution in [2.75, 3.05) is 0 Å². The smallest absolute Gasteiger partial charge is 0.129 e. The quantitative estimate of drug-likeness (QED) is 0.907. The van der Waals surface area contributed by atoms with Crippen molar-refractivity contribution in [2.45, 2.75) is 24.4 Å². The van der Waals surface area contributed by atoms with Crippen molar-refractivity contribution in [3.8, 4) is 6.07 Å². The molecule has 1 aliphatic rings. The van der Waals surface area contributed by atoms with Gasteiger partial charge in [0.2, 0.25) is 0 Å². The molecule has 1 N–H and O–H groups in total. The molecule has 0 radical (unpaired) electrons. The van der Waals surface area contributed by atoms with Crippen LogP contribution >= 0.6 is 0 Å². The third kappa shape index (κ3) is 1.73. The number of benzene rings is 2. The molecule has 0 saturated carbocycles. The minimum absolute atomic E-state index is 0.186. The molecule has 0 aromatic heterocycles. The van der Waals surface area contributed by atoms with Crippen LogP contribution in [0, 0.1) is 17.1 Å². The van der Waals surface area contributed by atoms with Crippen molar-refractivity contribution in [1.82, 2.24) is 0 Å². The highest BCUT2D eigenvalue weighted by molar-refractivity contribution is 5.47. The molecule has 0 aliphatic heterocycles. The number of hydrogen-bond acceptors (Lipinski definition) is 2. The molecule has 2 aromatic carbocycles. The van der Waals surface area contributed by atoms with E-state index < -0.39 is 17.3 Å². The summed E-state index contributed by atoms with van der Waals surface area (Å²) in [5.41, 5.74) is 1.01. The van der Waals surface area contributed by atoms with Gasteiger partial charge < -0.3 is 5.11 Å². The van der Waals surface area contributed by atoms with Crippen molar-refractivity contribution in [3.63, 3.8) is 0 Å². The number of hydrogen-bond donors (Lipinski definition) is 1. The van der Waals surface area contributed by atoms with Crippen molar-refractivity contribution < 1.29 is 9.50 Å². The molecule has 0 spiro atoms. The van der Waals surface area contributed by atoms with E-state index in [4.69, 9.17) is 0 Å². The minimum atomic E-state index is -1.16. The number of aliphatic hydroxyl groups is 1. The summed E-state index contributed by atoms with van der Waals surface area (Å²) in [5.74, 6) is -0.473. The Morgan fingerprint density at radius 1 is 1.15 bits per heavy atom. The van der Waals surface area contributed by atoms with Crippen molar-refractivity contribution in [2.24, 2.45) is 0 Å². The molecular weight excluding hydrogens is 253 g/mol. The van der Waals surface area contributed by atoms with Gasteiger partial charge in [-0.05, 0) is 30.0 Å². The highest BCUT2D eigenvalue weighted by atomic mass is 19.1. The maximum atomic E-state index is 13.9. The summed E-state index contributed by atoms with van der Waals surface area (Å²) in [6.45, 7) is 0. The first-order chi connectivity index (χ1) is 9.69. The van der Waals surface area contributed by atoms with Gasteiger partial charge >= 0.3 is 0 Å². The number of aliphatic hydroxyl groups excluding tert-OH is 1. The van der Waals surface area contributed by atoms with Gasteiger partial charge in [0.25, 0.3) is 0 Å². The second-order valence-corrected chi connectivity index (χ2v) is 5.16. The molecule has 3 rings (SSSR count). The van der Waals surface area contributed by atoms with Gasteiger partial charge in [-0.3, -0.25) is 0 Å².